The van der Waals surface area contributed by atoms with Crippen molar-refractivity contribution in [1.29, 1.82) is 0 Å². The van der Waals surface area contributed by atoms with E-state index < -0.39 is 17.8 Å². The number of anilines is 1. The Labute approximate surface area is 149 Å². The molecule has 25 heavy (non-hydrogen) atoms. The van der Waals surface area contributed by atoms with Crippen molar-refractivity contribution in [3.63, 3.8) is 0 Å². The first-order valence-corrected chi connectivity index (χ1v) is 8.54. The minimum absolute atomic E-state index is 0.0486. The lowest BCUT2D eigenvalue weighted by atomic mass is 9.93. The number of aliphatic carboxylic acids is 1. The van der Waals surface area contributed by atoms with Crippen LogP contribution in [0.2, 0.25) is 0 Å². The van der Waals surface area contributed by atoms with Crippen LogP contribution >= 0.6 is 12.6 Å². The number of carbonyl (C=O) groups excluding carboxylic acids is 1. The van der Waals surface area contributed by atoms with Crippen LogP contribution in [0.1, 0.15) is 0 Å². The molecule has 0 radical (unpaired) electrons. The van der Waals surface area contributed by atoms with Gasteiger partial charge in [-0.15, -0.1) is 0 Å². The molecule has 1 atom stereocenters. The zero-order valence-corrected chi connectivity index (χ0v) is 14.1. The molecule has 4 aromatic rings. The standard InChI is InChI=1S/C20H15NO3S/c22-19(15(10-25)20(23)24)21-16-9-7-13-5-4-11-2-1-3-12-6-8-14(16)18(13)17(11)12/h1-9,15,25H,10H2,(H,21,22)(H,23,24)/t15-/m1/s1. The number of carboxylic acid groups (broad SMARTS) is 1. The number of rotatable bonds is 4. The molecule has 0 saturated heterocycles. The number of hydrogen-bond acceptors (Lipinski definition) is 3. The molecule has 124 valence electrons. The third-order valence-electron chi connectivity index (χ3n) is 4.58. The highest BCUT2D eigenvalue weighted by Crippen LogP contribution is 2.37. The second-order valence-electron chi connectivity index (χ2n) is 6.03. The van der Waals surface area contributed by atoms with E-state index in [0.29, 0.717) is 5.69 Å². The summed E-state index contributed by atoms with van der Waals surface area (Å²) >= 11 is 3.97. The van der Waals surface area contributed by atoms with Gasteiger partial charge in [0.15, 0.2) is 0 Å². The smallest absolute Gasteiger partial charge is 0.316 e. The average Bonchev–Trinajstić information content (AvgIpc) is 2.61. The summed E-state index contributed by atoms with van der Waals surface area (Å²) in [5, 5.41) is 18.4. The molecule has 0 spiro atoms. The maximum atomic E-state index is 12.3. The second kappa shape index (κ2) is 5.93. The summed E-state index contributed by atoms with van der Waals surface area (Å²) in [4.78, 5) is 23.5. The van der Waals surface area contributed by atoms with Crippen LogP contribution in [0.3, 0.4) is 0 Å². The second-order valence-corrected chi connectivity index (χ2v) is 6.40. The minimum Gasteiger partial charge on any atom is -0.481 e. The van der Waals surface area contributed by atoms with E-state index in [9.17, 15) is 9.59 Å². The number of nitrogens with one attached hydrogen (secondary N) is 1. The molecule has 0 fully saturated rings. The van der Waals surface area contributed by atoms with E-state index in [0.717, 1.165) is 32.3 Å². The molecule has 0 unspecified atom stereocenters. The Hall–Kier alpha value is -2.79. The molecule has 2 N–H and O–H groups in total. The first kappa shape index (κ1) is 15.7. The molecule has 0 heterocycles. The maximum absolute atomic E-state index is 12.3. The number of benzene rings is 4. The van der Waals surface area contributed by atoms with Crippen molar-refractivity contribution in [2.45, 2.75) is 0 Å². The van der Waals surface area contributed by atoms with E-state index in [1.165, 1.54) is 0 Å². The van der Waals surface area contributed by atoms with Gasteiger partial charge in [-0.2, -0.15) is 12.6 Å². The van der Waals surface area contributed by atoms with Crippen LogP contribution < -0.4 is 5.32 Å². The minimum atomic E-state index is -1.18. The largest absolute Gasteiger partial charge is 0.481 e. The quantitative estimate of drug-likeness (QED) is 0.294. The average molecular weight is 349 g/mol. The van der Waals surface area contributed by atoms with Gasteiger partial charge in [0.05, 0.1) is 0 Å². The molecule has 0 aliphatic rings. The van der Waals surface area contributed by atoms with Gasteiger partial charge in [-0.1, -0.05) is 48.5 Å². The van der Waals surface area contributed by atoms with Gasteiger partial charge in [0.25, 0.3) is 0 Å². The van der Waals surface area contributed by atoms with E-state index in [2.05, 4.69) is 42.2 Å². The summed E-state index contributed by atoms with van der Waals surface area (Å²) in [5.74, 6) is -2.96. The molecule has 0 saturated carbocycles. The highest BCUT2D eigenvalue weighted by molar-refractivity contribution is 7.80. The number of carbonyl (C=O) groups is 2. The predicted octanol–water partition coefficient (Wildman–Crippen LogP) is 4.15. The monoisotopic (exact) mass is 349 g/mol. The molecule has 4 rings (SSSR count). The van der Waals surface area contributed by atoms with Crippen LogP contribution in [-0.2, 0) is 9.59 Å². The van der Waals surface area contributed by atoms with Crippen LogP contribution in [0.25, 0.3) is 32.3 Å². The summed E-state index contributed by atoms with van der Waals surface area (Å²) in [6.07, 6.45) is 0. The molecule has 0 aromatic heterocycles. The van der Waals surface area contributed by atoms with Gasteiger partial charge >= 0.3 is 5.97 Å². The molecule has 0 bridgehead atoms. The van der Waals surface area contributed by atoms with Gasteiger partial charge < -0.3 is 10.4 Å². The normalized spacial score (nSPS) is 12.7. The van der Waals surface area contributed by atoms with Crippen LogP contribution in [0, 0.1) is 5.92 Å². The summed E-state index contributed by atoms with van der Waals surface area (Å²) in [7, 11) is 0. The number of thiol groups is 1. The Morgan fingerprint density at radius 1 is 0.920 bits per heavy atom. The third-order valence-corrected chi connectivity index (χ3v) is 4.95. The molecule has 4 nitrogen and oxygen atoms in total. The Morgan fingerprint density at radius 3 is 2.16 bits per heavy atom. The fourth-order valence-electron chi connectivity index (χ4n) is 3.34. The van der Waals surface area contributed by atoms with Gasteiger partial charge in [-0.3, -0.25) is 9.59 Å². The molecule has 5 heteroatoms. The van der Waals surface area contributed by atoms with Crippen LogP contribution in [0.5, 0.6) is 0 Å². The maximum Gasteiger partial charge on any atom is 0.316 e. The summed E-state index contributed by atoms with van der Waals surface area (Å²) in [6.45, 7) is 0. The number of hydrogen-bond donors (Lipinski definition) is 3. The van der Waals surface area contributed by atoms with Crippen molar-refractivity contribution >= 4 is 62.5 Å². The predicted molar refractivity (Wildman–Crippen MR) is 104 cm³/mol. The van der Waals surface area contributed by atoms with E-state index in [-0.39, 0.29) is 5.75 Å². The van der Waals surface area contributed by atoms with Crippen molar-refractivity contribution < 1.29 is 14.7 Å². The lowest BCUT2D eigenvalue weighted by Gasteiger charge is -2.16. The topological polar surface area (TPSA) is 66.4 Å². The molecular formula is C20H15NO3S. The zero-order valence-electron chi connectivity index (χ0n) is 13.2. The first-order chi connectivity index (χ1) is 12.1. The van der Waals surface area contributed by atoms with Crippen molar-refractivity contribution in [2.75, 3.05) is 11.1 Å². The highest BCUT2D eigenvalue weighted by Gasteiger charge is 2.25. The van der Waals surface area contributed by atoms with Crippen molar-refractivity contribution in [3.05, 3.63) is 54.6 Å². The van der Waals surface area contributed by atoms with Gasteiger partial charge in [0.1, 0.15) is 5.92 Å². The van der Waals surface area contributed by atoms with Crippen LogP contribution in [0.15, 0.2) is 54.6 Å². The summed E-state index contributed by atoms with van der Waals surface area (Å²) < 4.78 is 0. The van der Waals surface area contributed by atoms with Gasteiger partial charge in [-0.25, -0.2) is 0 Å². The molecule has 1 amide bonds. The Kier molecular flexibility index (Phi) is 3.73. The van der Waals surface area contributed by atoms with Gasteiger partial charge in [0, 0.05) is 16.8 Å². The van der Waals surface area contributed by atoms with Crippen molar-refractivity contribution in [3.8, 4) is 0 Å². The van der Waals surface area contributed by atoms with Crippen molar-refractivity contribution in [2.24, 2.45) is 5.92 Å². The van der Waals surface area contributed by atoms with E-state index in [1.54, 1.807) is 0 Å². The Balaban J connectivity index is 1.91. The molecule has 0 aliphatic carbocycles. The summed E-state index contributed by atoms with van der Waals surface area (Å²) in [5.41, 5.74) is 0.615. The van der Waals surface area contributed by atoms with Gasteiger partial charge in [0.2, 0.25) is 5.91 Å². The molecule has 0 aliphatic heterocycles. The zero-order chi connectivity index (χ0) is 17.6. The van der Waals surface area contributed by atoms with Crippen LogP contribution in [0.4, 0.5) is 5.69 Å². The molecular weight excluding hydrogens is 334 g/mol. The van der Waals surface area contributed by atoms with E-state index >= 15 is 0 Å². The highest BCUT2D eigenvalue weighted by atomic mass is 32.1. The fraction of sp³-hybridized carbons (Fsp3) is 0.100. The summed E-state index contributed by atoms with van der Waals surface area (Å²) in [6, 6.07) is 18.0. The van der Waals surface area contributed by atoms with Gasteiger partial charge in [-0.05, 0) is 33.0 Å². The SMILES string of the molecule is O=C(O)[C@H](CS)C(=O)Nc1ccc2ccc3cccc4ccc1c2c34. The van der Waals surface area contributed by atoms with Crippen molar-refractivity contribution in [1.82, 2.24) is 0 Å². The molecule has 4 aromatic carbocycles. The van der Waals surface area contributed by atoms with Crippen LogP contribution in [-0.4, -0.2) is 22.7 Å². The Bertz CT molecular complexity index is 1110. The number of amides is 1. The fourth-order valence-corrected chi connectivity index (χ4v) is 3.66. The Morgan fingerprint density at radius 2 is 1.52 bits per heavy atom. The van der Waals surface area contributed by atoms with E-state index in [1.807, 2.05) is 30.3 Å². The number of carboxylic acids is 1. The third kappa shape index (κ3) is 2.48. The lowest BCUT2D eigenvalue weighted by Crippen LogP contribution is -2.30. The van der Waals surface area contributed by atoms with E-state index in [4.69, 9.17) is 5.11 Å². The first-order valence-electron chi connectivity index (χ1n) is 7.91. The lowest BCUT2D eigenvalue weighted by molar-refractivity contribution is -0.144.